The lowest BCUT2D eigenvalue weighted by Crippen LogP contribution is -2.34. The van der Waals surface area contributed by atoms with Crippen molar-refractivity contribution >= 4 is 0 Å². The maximum Gasteiger partial charge on any atom is 0.122 e. The minimum atomic E-state index is -0.894. The lowest BCUT2D eigenvalue weighted by atomic mass is 9.70. The predicted molar refractivity (Wildman–Crippen MR) is 167 cm³/mol. The van der Waals surface area contributed by atoms with Gasteiger partial charge in [0.1, 0.15) is 30.8 Å². The molecule has 0 spiro atoms. The third-order valence-electron chi connectivity index (χ3n) is 8.73. The van der Waals surface area contributed by atoms with Crippen LogP contribution >= 0.6 is 0 Å². The molecule has 3 aromatic carbocycles. The Bertz CT molecular complexity index is 1220. The molecule has 41 heavy (non-hydrogen) atoms. The van der Waals surface area contributed by atoms with E-state index in [0.29, 0.717) is 5.75 Å². The Kier molecular flexibility index (Phi) is 11.8. The van der Waals surface area contributed by atoms with Crippen LogP contribution in [0.3, 0.4) is 0 Å². The highest BCUT2D eigenvalue weighted by Crippen LogP contribution is 2.41. The number of rotatable bonds is 16. The molecule has 0 aliphatic carbocycles. The molecule has 0 saturated carbocycles. The summed E-state index contributed by atoms with van der Waals surface area (Å²) in [5.74, 6) is 1.51. The van der Waals surface area contributed by atoms with Gasteiger partial charge in [-0.05, 0) is 91.3 Å². The Morgan fingerprint density at radius 2 is 1.29 bits per heavy atom. The molecule has 0 saturated heterocycles. The van der Waals surface area contributed by atoms with E-state index in [0.717, 1.165) is 49.0 Å². The topological polar surface area (TPSA) is 79.2 Å². The molecule has 3 N–H and O–H groups in total. The van der Waals surface area contributed by atoms with E-state index in [-0.39, 0.29) is 30.7 Å². The second-order valence-electron chi connectivity index (χ2n) is 12.1. The normalized spacial score (nSPS) is 13.6. The van der Waals surface area contributed by atoms with E-state index in [1.54, 1.807) is 0 Å². The van der Waals surface area contributed by atoms with Crippen molar-refractivity contribution in [2.45, 2.75) is 91.3 Å². The van der Waals surface area contributed by atoms with Crippen molar-refractivity contribution in [3.05, 3.63) is 94.5 Å². The van der Waals surface area contributed by atoms with Crippen LogP contribution in [0.25, 0.3) is 0 Å². The van der Waals surface area contributed by atoms with Gasteiger partial charge < -0.3 is 24.8 Å². The first kappa shape index (κ1) is 32.7. The molecule has 224 valence electrons. The van der Waals surface area contributed by atoms with Crippen molar-refractivity contribution in [3.8, 4) is 11.5 Å². The summed E-state index contributed by atoms with van der Waals surface area (Å²) in [6.45, 7) is 12.8. The van der Waals surface area contributed by atoms with Crippen molar-refractivity contribution < 1.29 is 24.8 Å². The Morgan fingerprint density at radius 1 is 0.756 bits per heavy atom. The molecule has 0 bridgehead atoms. The Hall–Kier alpha value is -2.86. The highest BCUT2D eigenvalue weighted by Gasteiger charge is 2.32. The van der Waals surface area contributed by atoms with Crippen LogP contribution in [0.2, 0.25) is 0 Å². The first-order valence-corrected chi connectivity index (χ1v) is 15.0. The summed E-state index contributed by atoms with van der Waals surface area (Å²) >= 11 is 0. The van der Waals surface area contributed by atoms with Gasteiger partial charge in [0.15, 0.2) is 0 Å². The molecule has 0 amide bonds. The SMILES string of the molecule is CCC(CC)(c1ccc(OCC(O)C(C)(C)CCCc2ccccc2)c(C)c1)c1ccc(OC[C@@H](O)CO)c(C)c1. The molecule has 2 atom stereocenters. The van der Waals surface area contributed by atoms with Crippen LogP contribution in [-0.2, 0) is 11.8 Å². The van der Waals surface area contributed by atoms with Crippen LogP contribution in [0.5, 0.6) is 11.5 Å². The Morgan fingerprint density at radius 3 is 1.78 bits per heavy atom. The average Bonchev–Trinajstić information content (AvgIpc) is 2.97. The second kappa shape index (κ2) is 14.9. The predicted octanol–water partition coefficient (Wildman–Crippen LogP) is 6.93. The lowest BCUT2D eigenvalue weighted by molar-refractivity contribution is 0.00589. The summed E-state index contributed by atoms with van der Waals surface area (Å²) in [7, 11) is 0. The van der Waals surface area contributed by atoms with Gasteiger partial charge in [-0.1, -0.05) is 82.3 Å². The molecule has 5 heteroatoms. The van der Waals surface area contributed by atoms with Gasteiger partial charge in [0.05, 0.1) is 12.7 Å². The number of aliphatic hydroxyl groups excluding tert-OH is 3. The smallest absolute Gasteiger partial charge is 0.122 e. The first-order valence-electron chi connectivity index (χ1n) is 15.0. The fraction of sp³-hybridized carbons (Fsp3) is 0.500. The van der Waals surface area contributed by atoms with Crippen molar-refractivity contribution in [1.82, 2.24) is 0 Å². The summed E-state index contributed by atoms with van der Waals surface area (Å²) in [5, 5.41) is 29.7. The number of aliphatic hydroxyl groups is 3. The van der Waals surface area contributed by atoms with E-state index in [1.165, 1.54) is 16.7 Å². The first-order chi connectivity index (χ1) is 19.6. The molecule has 0 aliphatic rings. The summed E-state index contributed by atoms with van der Waals surface area (Å²) < 4.78 is 11.9. The highest BCUT2D eigenvalue weighted by atomic mass is 16.5. The van der Waals surface area contributed by atoms with Gasteiger partial charge in [-0.25, -0.2) is 0 Å². The zero-order valence-electron chi connectivity index (χ0n) is 25.8. The molecule has 0 aliphatic heterocycles. The number of hydrogen-bond donors (Lipinski definition) is 3. The van der Waals surface area contributed by atoms with Gasteiger partial charge in [0.2, 0.25) is 0 Å². The number of ether oxygens (including phenoxy) is 2. The lowest BCUT2D eigenvalue weighted by Gasteiger charge is -2.34. The van der Waals surface area contributed by atoms with Crippen LogP contribution in [0.15, 0.2) is 66.7 Å². The van der Waals surface area contributed by atoms with Crippen molar-refractivity contribution in [2.75, 3.05) is 19.8 Å². The van der Waals surface area contributed by atoms with E-state index in [9.17, 15) is 10.2 Å². The largest absolute Gasteiger partial charge is 0.491 e. The quantitative estimate of drug-likeness (QED) is 0.176. The third-order valence-corrected chi connectivity index (χ3v) is 8.73. The van der Waals surface area contributed by atoms with Gasteiger partial charge in [-0.3, -0.25) is 0 Å². The zero-order valence-corrected chi connectivity index (χ0v) is 25.8. The molecular formula is C36H50O5. The number of benzene rings is 3. The fourth-order valence-electron chi connectivity index (χ4n) is 5.64. The second-order valence-corrected chi connectivity index (χ2v) is 12.1. The van der Waals surface area contributed by atoms with Crippen LogP contribution in [0.1, 0.15) is 81.2 Å². The summed E-state index contributed by atoms with van der Waals surface area (Å²) in [6.07, 6.45) is 3.36. The molecule has 3 aromatic rings. The molecule has 0 fully saturated rings. The molecule has 1 unspecified atom stereocenters. The van der Waals surface area contributed by atoms with Crippen LogP contribution < -0.4 is 9.47 Å². The van der Waals surface area contributed by atoms with E-state index in [1.807, 2.05) is 25.1 Å². The molecule has 3 rings (SSSR count). The monoisotopic (exact) mass is 562 g/mol. The molecule has 5 nitrogen and oxygen atoms in total. The van der Waals surface area contributed by atoms with Crippen molar-refractivity contribution in [1.29, 1.82) is 0 Å². The van der Waals surface area contributed by atoms with E-state index >= 15 is 0 Å². The molecule has 0 heterocycles. The minimum absolute atomic E-state index is 0.0591. The fourth-order valence-corrected chi connectivity index (χ4v) is 5.64. The van der Waals surface area contributed by atoms with Crippen molar-refractivity contribution in [3.63, 3.8) is 0 Å². The number of hydrogen-bond acceptors (Lipinski definition) is 5. The Labute approximate surface area is 247 Å². The van der Waals surface area contributed by atoms with Gasteiger partial charge in [-0.2, -0.15) is 0 Å². The van der Waals surface area contributed by atoms with Gasteiger partial charge in [-0.15, -0.1) is 0 Å². The molecular weight excluding hydrogens is 512 g/mol. The van der Waals surface area contributed by atoms with Crippen LogP contribution in [0, 0.1) is 19.3 Å². The summed E-state index contributed by atoms with van der Waals surface area (Å²) in [6, 6.07) is 23.2. The van der Waals surface area contributed by atoms with Crippen LogP contribution in [0.4, 0.5) is 0 Å². The van der Waals surface area contributed by atoms with Crippen molar-refractivity contribution in [2.24, 2.45) is 5.41 Å². The highest BCUT2D eigenvalue weighted by molar-refractivity contribution is 5.48. The van der Waals surface area contributed by atoms with Gasteiger partial charge in [0, 0.05) is 5.41 Å². The maximum absolute atomic E-state index is 11.0. The van der Waals surface area contributed by atoms with E-state index < -0.39 is 12.2 Å². The zero-order chi connectivity index (χ0) is 30.0. The summed E-state index contributed by atoms with van der Waals surface area (Å²) in [5.41, 5.74) is 5.42. The van der Waals surface area contributed by atoms with E-state index in [2.05, 4.69) is 83.1 Å². The Balaban J connectivity index is 1.68. The van der Waals surface area contributed by atoms with Gasteiger partial charge in [0.25, 0.3) is 0 Å². The summed E-state index contributed by atoms with van der Waals surface area (Å²) in [4.78, 5) is 0. The van der Waals surface area contributed by atoms with Gasteiger partial charge >= 0.3 is 0 Å². The number of aryl methyl sites for hydroxylation is 3. The molecule has 0 radical (unpaired) electrons. The molecule has 0 aromatic heterocycles. The average molecular weight is 563 g/mol. The third kappa shape index (κ3) is 8.34. The standard InChI is InChI=1S/C36H50O5/c1-7-36(8-2,29-16-18-32(26(3)21-29)40-24-31(38)23-37)30-17-19-33(27(4)22-30)41-25-34(39)35(5,6)20-12-15-28-13-10-9-11-14-28/h9-11,13-14,16-19,21-22,31,34,37-39H,7-8,12,15,20,23-25H2,1-6H3/t31-,34?/m0/s1. The van der Waals surface area contributed by atoms with E-state index in [4.69, 9.17) is 14.6 Å². The minimum Gasteiger partial charge on any atom is -0.491 e. The maximum atomic E-state index is 11.0. The van der Waals surface area contributed by atoms with Crippen LogP contribution in [-0.4, -0.2) is 47.3 Å².